The number of esters is 1. The molecule has 1 amide bonds. The SMILES string of the molecule is CC(C)OC(=O)C(C)(C)N1CCC(N(CC2=CCC(c3ccc(C(F)(F)F)cc3)C=C2)C(=O)Cn2c(CCc3ccc(F)cc3F)nc(=O)c3cccnc32)CC1. The second-order valence-electron chi connectivity index (χ2n) is 15.4. The molecule has 6 rings (SSSR count). The van der Waals surface area contributed by atoms with Crippen LogP contribution in [0.15, 0.2) is 89.4 Å². The highest BCUT2D eigenvalue weighted by Crippen LogP contribution is 2.33. The van der Waals surface area contributed by atoms with Gasteiger partial charge in [0.25, 0.3) is 5.56 Å². The number of aryl methyl sites for hydroxylation is 2. The first-order chi connectivity index (χ1) is 27.0. The van der Waals surface area contributed by atoms with E-state index in [-0.39, 0.29) is 78.3 Å². The molecule has 1 atom stereocenters. The maximum Gasteiger partial charge on any atom is 0.416 e. The fourth-order valence-corrected chi connectivity index (χ4v) is 7.48. The molecule has 0 saturated carbocycles. The van der Waals surface area contributed by atoms with Crippen LogP contribution in [0.2, 0.25) is 0 Å². The van der Waals surface area contributed by atoms with Gasteiger partial charge in [-0.1, -0.05) is 36.4 Å². The van der Waals surface area contributed by atoms with Crippen molar-refractivity contribution in [3.05, 3.63) is 129 Å². The number of hydrogen-bond donors (Lipinski definition) is 0. The third-order valence-electron chi connectivity index (χ3n) is 10.8. The number of alkyl halides is 3. The number of carbonyl (C=O) groups excluding carboxylic acids is 2. The van der Waals surface area contributed by atoms with Gasteiger partial charge in [-0.25, -0.2) is 13.8 Å². The van der Waals surface area contributed by atoms with Crippen LogP contribution in [0.25, 0.3) is 11.0 Å². The Morgan fingerprint density at radius 3 is 2.35 bits per heavy atom. The number of hydrogen-bond acceptors (Lipinski definition) is 7. The molecule has 3 heterocycles. The van der Waals surface area contributed by atoms with Crippen LogP contribution in [0, 0.1) is 11.6 Å². The first-order valence-corrected chi connectivity index (χ1v) is 19.1. The molecule has 302 valence electrons. The number of allylic oxidation sites excluding steroid dienone is 2. The van der Waals surface area contributed by atoms with Crippen molar-refractivity contribution >= 4 is 22.9 Å². The topological polar surface area (TPSA) is 97.6 Å². The molecule has 57 heavy (non-hydrogen) atoms. The molecule has 9 nitrogen and oxygen atoms in total. The van der Waals surface area contributed by atoms with Gasteiger partial charge in [-0.05, 0) is 100 Å². The second-order valence-corrected chi connectivity index (χ2v) is 15.4. The molecule has 14 heteroatoms. The average molecular weight is 792 g/mol. The molecule has 1 saturated heterocycles. The lowest BCUT2D eigenvalue weighted by Gasteiger charge is -2.44. The van der Waals surface area contributed by atoms with Crippen LogP contribution in [-0.2, 0) is 39.9 Å². The predicted octanol–water partition coefficient (Wildman–Crippen LogP) is 7.57. The van der Waals surface area contributed by atoms with Crippen molar-refractivity contribution in [2.75, 3.05) is 19.6 Å². The fraction of sp³-hybridized carbons (Fsp3) is 0.419. The van der Waals surface area contributed by atoms with Crippen molar-refractivity contribution in [3.8, 4) is 0 Å². The van der Waals surface area contributed by atoms with E-state index < -0.39 is 34.5 Å². The number of fused-ring (bicyclic) bond motifs is 1. The normalized spacial score (nSPS) is 16.9. The number of ether oxygens (including phenoxy) is 1. The molecule has 0 spiro atoms. The van der Waals surface area contributed by atoms with Gasteiger partial charge in [0.15, 0.2) is 0 Å². The van der Waals surface area contributed by atoms with Gasteiger partial charge >= 0.3 is 12.1 Å². The van der Waals surface area contributed by atoms with Crippen molar-refractivity contribution in [3.63, 3.8) is 0 Å². The highest BCUT2D eigenvalue weighted by molar-refractivity contribution is 5.81. The second kappa shape index (κ2) is 17.1. The van der Waals surface area contributed by atoms with E-state index in [1.54, 1.807) is 35.4 Å². The summed E-state index contributed by atoms with van der Waals surface area (Å²) in [5.74, 6) is -1.98. The zero-order valence-corrected chi connectivity index (χ0v) is 32.4. The zero-order valence-electron chi connectivity index (χ0n) is 32.4. The summed E-state index contributed by atoms with van der Waals surface area (Å²) in [6, 6.07) is 11.3. The lowest BCUT2D eigenvalue weighted by molar-refractivity contribution is -0.161. The Morgan fingerprint density at radius 2 is 1.72 bits per heavy atom. The summed E-state index contributed by atoms with van der Waals surface area (Å²) in [6.45, 7) is 8.27. The number of likely N-dealkylation sites (tertiary alicyclic amines) is 1. The summed E-state index contributed by atoms with van der Waals surface area (Å²) < 4.78 is 74.9. The van der Waals surface area contributed by atoms with E-state index >= 15 is 0 Å². The molecule has 2 aromatic heterocycles. The van der Waals surface area contributed by atoms with Crippen LogP contribution in [0.1, 0.15) is 75.4 Å². The van der Waals surface area contributed by atoms with Gasteiger partial charge in [-0.2, -0.15) is 18.2 Å². The van der Waals surface area contributed by atoms with Crippen LogP contribution in [-0.4, -0.2) is 73.5 Å². The van der Waals surface area contributed by atoms with E-state index in [1.165, 1.54) is 24.4 Å². The molecule has 1 fully saturated rings. The Labute approximate surface area is 327 Å². The third-order valence-corrected chi connectivity index (χ3v) is 10.8. The highest BCUT2D eigenvalue weighted by Gasteiger charge is 2.40. The maximum absolute atomic E-state index is 14.7. The highest BCUT2D eigenvalue weighted by atomic mass is 19.4. The summed E-state index contributed by atoms with van der Waals surface area (Å²) in [6.07, 6.45) is 4.39. The van der Waals surface area contributed by atoms with Gasteiger partial charge in [-0.3, -0.25) is 19.3 Å². The van der Waals surface area contributed by atoms with Crippen molar-refractivity contribution in [1.29, 1.82) is 0 Å². The third kappa shape index (κ3) is 9.66. The Morgan fingerprint density at radius 1 is 1.00 bits per heavy atom. The molecular weight excluding hydrogens is 745 g/mol. The summed E-state index contributed by atoms with van der Waals surface area (Å²) in [5.41, 5.74) is -0.0827. The fourth-order valence-electron chi connectivity index (χ4n) is 7.48. The Hall–Kier alpha value is -5.24. The summed E-state index contributed by atoms with van der Waals surface area (Å²) in [5, 5.41) is 0.213. The first kappa shape index (κ1) is 41.4. The minimum absolute atomic E-state index is 0.0662. The molecule has 4 aromatic rings. The first-order valence-electron chi connectivity index (χ1n) is 19.1. The van der Waals surface area contributed by atoms with E-state index in [9.17, 15) is 36.3 Å². The Bertz CT molecular complexity index is 2220. The number of piperidine rings is 1. The molecule has 1 aliphatic carbocycles. The van der Waals surface area contributed by atoms with Gasteiger partial charge in [0.2, 0.25) is 5.91 Å². The van der Waals surface area contributed by atoms with Crippen molar-refractivity contribution in [1.82, 2.24) is 24.3 Å². The zero-order chi connectivity index (χ0) is 41.1. The van der Waals surface area contributed by atoms with E-state index in [2.05, 4.69) is 14.9 Å². The van der Waals surface area contributed by atoms with Gasteiger partial charge in [-0.15, -0.1) is 0 Å². The maximum atomic E-state index is 14.7. The molecule has 0 radical (unpaired) electrons. The number of nitrogens with zero attached hydrogens (tertiary/aromatic N) is 5. The molecule has 0 N–H and O–H groups in total. The van der Waals surface area contributed by atoms with E-state index in [0.29, 0.717) is 32.4 Å². The predicted molar refractivity (Wildman–Crippen MR) is 205 cm³/mol. The number of carbonyl (C=O) groups is 2. The van der Waals surface area contributed by atoms with E-state index in [0.717, 1.165) is 35.4 Å². The Kier molecular flexibility index (Phi) is 12.4. The molecule has 0 bridgehead atoms. The lowest BCUT2D eigenvalue weighted by Crippen LogP contribution is -2.57. The van der Waals surface area contributed by atoms with Crippen LogP contribution >= 0.6 is 0 Å². The monoisotopic (exact) mass is 791 g/mol. The van der Waals surface area contributed by atoms with Gasteiger partial charge in [0, 0.05) is 50.3 Å². The molecule has 1 unspecified atom stereocenters. The lowest BCUT2D eigenvalue weighted by atomic mass is 9.89. The number of rotatable bonds is 12. The molecular formula is C43H46F5N5O4. The van der Waals surface area contributed by atoms with Crippen LogP contribution in [0.4, 0.5) is 22.0 Å². The number of benzene rings is 2. The number of pyridine rings is 1. The van der Waals surface area contributed by atoms with E-state index in [4.69, 9.17) is 4.74 Å². The number of halogens is 5. The molecule has 2 aromatic carbocycles. The van der Waals surface area contributed by atoms with Gasteiger partial charge in [0.1, 0.15) is 35.2 Å². The minimum atomic E-state index is -4.43. The average Bonchev–Trinajstić information content (AvgIpc) is 3.17. The van der Waals surface area contributed by atoms with Crippen LogP contribution in [0.3, 0.4) is 0 Å². The van der Waals surface area contributed by atoms with Gasteiger partial charge < -0.3 is 14.2 Å². The standard InChI is InChI=1S/C43H46F5N5O4/c1-27(2)57-41(56)42(3,4)51-22-19-34(20-23-51)52(25-28-7-9-29(10-8-28)30-11-15-32(16-12-30)43(46,47)48)38(54)26-53-37(18-14-31-13-17-33(44)24-36(31)45)50-40(55)35-6-5-21-49-39(35)53/h5-9,11-13,15-17,21,24,27,29,34H,10,14,18-20,22-23,25-26H2,1-4H3. The van der Waals surface area contributed by atoms with Crippen molar-refractivity contribution in [2.24, 2.45) is 0 Å². The number of aromatic nitrogens is 3. The molecule has 1 aliphatic heterocycles. The van der Waals surface area contributed by atoms with Gasteiger partial charge in [0.05, 0.1) is 17.1 Å². The quantitative estimate of drug-likeness (QED) is 0.108. The minimum Gasteiger partial charge on any atom is -0.462 e. The Balaban J connectivity index is 1.27. The summed E-state index contributed by atoms with van der Waals surface area (Å²) in [4.78, 5) is 53.4. The molecule has 2 aliphatic rings. The van der Waals surface area contributed by atoms with Crippen molar-refractivity contribution < 1.29 is 36.3 Å². The smallest absolute Gasteiger partial charge is 0.416 e. The number of amides is 1. The largest absolute Gasteiger partial charge is 0.462 e. The van der Waals surface area contributed by atoms with Crippen molar-refractivity contribution in [2.45, 2.75) is 96.1 Å². The van der Waals surface area contributed by atoms with E-state index in [1.807, 2.05) is 32.1 Å². The van der Waals surface area contributed by atoms with Crippen LogP contribution < -0.4 is 5.56 Å². The van der Waals surface area contributed by atoms with Crippen LogP contribution in [0.5, 0.6) is 0 Å². The summed E-state index contributed by atoms with van der Waals surface area (Å²) >= 11 is 0. The summed E-state index contributed by atoms with van der Waals surface area (Å²) in [7, 11) is 0.